The second kappa shape index (κ2) is 12.8. The molecule has 0 saturated carbocycles. The van der Waals surface area contributed by atoms with Gasteiger partial charge in [0.25, 0.3) is 11.6 Å². The van der Waals surface area contributed by atoms with Gasteiger partial charge in [-0.15, -0.1) is 0 Å². The van der Waals surface area contributed by atoms with Crippen molar-refractivity contribution in [3.8, 4) is 17.2 Å². The lowest BCUT2D eigenvalue weighted by Gasteiger charge is -2.15. The molecule has 1 aliphatic rings. The first-order valence-electron chi connectivity index (χ1n) is 11.7. The standard InChI is InChI=1S/C27H24IN3O6S/c1-3-35-21-10-8-19(9-11-21)29-27-30-26(32)24(38-27)15-18-13-22(28)25(23(14-18)36-4-2)37-16-17-6-5-7-20(12-17)31(33)34/h5-15H,3-4,16H2,1-2H3,(H,29,30,32)/b24-15+. The minimum Gasteiger partial charge on any atom is -0.494 e. The molecule has 1 heterocycles. The molecule has 1 fully saturated rings. The monoisotopic (exact) mass is 645 g/mol. The quantitative estimate of drug-likeness (QED) is 0.117. The highest BCUT2D eigenvalue weighted by Crippen LogP contribution is 2.37. The Balaban J connectivity index is 1.52. The Morgan fingerprint density at radius 2 is 1.82 bits per heavy atom. The van der Waals surface area contributed by atoms with Crippen molar-refractivity contribution in [3.05, 3.63) is 90.4 Å². The van der Waals surface area contributed by atoms with E-state index in [0.717, 1.165) is 14.9 Å². The second-order valence-corrected chi connectivity index (χ2v) is 10.1. The fraction of sp³-hybridized carbons (Fsp3) is 0.185. The normalized spacial score (nSPS) is 15.0. The van der Waals surface area contributed by atoms with Gasteiger partial charge in [0.1, 0.15) is 12.4 Å². The zero-order chi connectivity index (χ0) is 27.1. The zero-order valence-electron chi connectivity index (χ0n) is 20.6. The molecule has 0 aromatic heterocycles. The molecule has 196 valence electrons. The summed E-state index contributed by atoms with van der Waals surface area (Å²) in [5.41, 5.74) is 2.14. The average molecular weight is 645 g/mol. The van der Waals surface area contributed by atoms with Crippen LogP contribution in [0.4, 0.5) is 11.4 Å². The molecule has 1 N–H and O–H groups in total. The van der Waals surface area contributed by atoms with Crippen molar-refractivity contribution in [2.24, 2.45) is 4.99 Å². The number of hydrogen-bond donors (Lipinski definition) is 1. The van der Waals surface area contributed by atoms with Gasteiger partial charge in [-0.25, -0.2) is 4.99 Å². The minimum absolute atomic E-state index is 0.00516. The molecule has 0 radical (unpaired) electrons. The number of amides is 1. The van der Waals surface area contributed by atoms with E-state index in [2.05, 4.69) is 32.9 Å². The number of nitro groups is 1. The van der Waals surface area contributed by atoms with Gasteiger partial charge in [0, 0.05) is 12.1 Å². The van der Waals surface area contributed by atoms with Gasteiger partial charge in [0.2, 0.25) is 0 Å². The number of thioether (sulfide) groups is 1. The summed E-state index contributed by atoms with van der Waals surface area (Å²) in [7, 11) is 0. The van der Waals surface area contributed by atoms with Gasteiger partial charge >= 0.3 is 0 Å². The summed E-state index contributed by atoms with van der Waals surface area (Å²) in [5, 5.41) is 14.4. The molecule has 1 saturated heterocycles. The van der Waals surface area contributed by atoms with Crippen LogP contribution in [0.2, 0.25) is 0 Å². The number of aliphatic imine (C=N–C) groups is 1. The average Bonchev–Trinajstić information content (AvgIpc) is 3.23. The van der Waals surface area contributed by atoms with Crippen LogP contribution < -0.4 is 19.5 Å². The number of carbonyl (C=O) groups excluding carboxylic acids is 1. The maximum atomic E-state index is 12.6. The van der Waals surface area contributed by atoms with Crippen LogP contribution in [0, 0.1) is 13.7 Å². The van der Waals surface area contributed by atoms with Crippen LogP contribution in [0.3, 0.4) is 0 Å². The number of carbonyl (C=O) groups is 1. The molecule has 4 rings (SSSR count). The van der Waals surface area contributed by atoms with Gasteiger partial charge < -0.3 is 19.5 Å². The second-order valence-electron chi connectivity index (χ2n) is 7.89. The predicted octanol–water partition coefficient (Wildman–Crippen LogP) is 6.47. The van der Waals surface area contributed by atoms with E-state index in [-0.39, 0.29) is 18.2 Å². The van der Waals surface area contributed by atoms with Crippen molar-refractivity contribution in [1.82, 2.24) is 5.32 Å². The molecule has 11 heteroatoms. The first-order chi connectivity index (χ1) is 18.4. The largest absolute Gasteiger partial charge is 0.494 e. The Morgan fingerprint density at radius 3 is 2.53 bits per heavy atom. The van der Waals surface area contributed by atoms with Gasteiger partial charge in [-0.2, -0.15) is 0 Å². The third-order valence-corrected chi connectivity index (χ3v) is 6.87. The van der Waals surface area contributed by atoms with E-state index < -0.39 is 4.92 Å². The smallest absolute Gasteiger partial charge is 0.269 e. The van der Waals surface area contributed by atoms with Gasteiger partial charge in [-0.05, 0) is 102 Å². The molecule has 3 aromatic rings. The summed E-state index contributed by atoms with van der Waals surface area (Å²) in [5.74, 6) is 1.57. The van der Waals surface area contributed by atoms with E-state index >= 15 is 0 Å². The molecule has 0 aliphatic carbocycles. The van der Waals surface area contributed by atoms with Gasteiger partial charge in [-0.1, -0.05) is 12.1 Å². The molecule has 0 atom stereocenters. The highest BCUT2D eigenvalue weighted by atomic mass is 127. The van der Waals surface area contributed by atoms with Crippen molar-refractivity contribution in [3.63, 3.8) is 0 Å². The molecule has 0 spiro atoms. The minimum atomic E-state index is -0.438. The summed E-state index contributed by atoms with van der Waals surface area (Å²) in [4.78, 5) is 28.2. The number of benzene rings is 3. The van der Waals surface area contributed by atoms with Crippen LogP contribution in [0.25, 0.3) is 6.08 Å². The van der Waals surface area contributed by atoms with E-state index in [1.54, 1.807) is 24.3 Å². The molecule has 3 aromatic carbocycles. The first kappa shape index (κ1) is 27.5. The lowest BCUT2D eigenvalue weighted by molar-refractivity contribution is -0.384. The lowest BCUT2D eigenvalue weighted by atomic mass is 10.1. The summed E-state index contributed by atoms with van der Waals surface area (Å²) in [6.45, 7) is 4.93. The number of nitrogens with zero attached hydrogens (tertiary/aromatic N) is 2. The highest BCUT2D eigenvalue weighted by molar-refractivity contribution is 14.1. The van der Waals surface area contributed by atoms with Crippen LogP contribution in [0.5, 0.6) is 17.2 Å². The Labute approximate surface area is 237 Å². The van der Waals surface area contributed by atoms with Crippen LogP contribution in [0.1, 0.15) is 25.0 Å². The van der Waals surface area contributed by atoms with Crippen molar-refractivity contribution < 1.29 is 23.9 Å². The van der Waals surface area contributed by atoms with E-state index in [1.165, 1.54) is 23.9 Å². The SMILES string of the molecule is CCOc1ccc(N=C2NC(=O)/C(=C\c3cc(I)c(OCc4cccc([N+](=O)[O-])c4)c(OCC)c3)S2)cc1. The fourth-order valence-corrected chi connectivity index (χ4v) is 5.15. The van der Waals surface area contributed by atoms with Crippen molar-refractivity contribution >= 4 is 62.9 Å². The lowest BCUT2D eigenvalue weighted by Crippen LogP contribution is -2.19. The number of non-ortho nitro benzene ring substituents is 1. The molecular formula is C27H24IN3O6S. The number of nitro benzene ring substituents is 1. The van der Waals surface area contributed by atoms with Gasteiger partial charge in [0.05, 0.1) is 32.3 Å². The zero-order valence-corrected chi connectivity index (χ0v) is 23.6. The predicted molar refractivity (Wildman–Crippen MR) is 156 cm³/mol. The Bertz CT molecular complexity index is 1410. The van der Waals surface area contributed by atoms with Gasteiger partial charge in [-0.3, -0.25) is 14.9 Å². The molecule has 9 nitrogen and oxygen atoms in total. The van der Waals surface area contributed by atoms with Crippen LogP contribution in [-0.4, -0.2) is 29.2 Å². The number of halogens is 1. The molecular weight excluding hydrogens is 621 g/mol. The fourth-order valence-electron chi connectivity index (χ4n) is 3.52. The highest BCUT2D eigenvalue weighted by Gasteiger charge is 2.24. The number of rotatable bonds is 10. The van der Waals surface area contributed by atoms with Crippen LogP contribution in [0.15, 0.2) is 70.6 Å². The summed E-state index contributed by atoms with van der Waals surface area (Å²) >= 11 is 3.40. The summed E-state index contributed by atoms with van der Waals surface area (Å²) in [6, 6.07) is 17.3. The topological polar surface area (TPSA) is 112 Å². The van der Waals surface area contributed by atoms with E-state index in [1.807, 2.05) is 44.2 Å². The maximum absolute atomic E-state index is 12.6. The Hall–Kier alpha value is -3.58. The number of hydrogen-bond acceptors (Lipinski definition) is 8. The third-order valence-electron chi connectivity index (χ3n) is 5.16. The number of ether oxygens (including phenoxy) is 3. The van der Waals surface area contributed by atoms with Gasteiger partial charge in [0.15, 0.2) is 16.7 Å². The Morgan fingerprint density at radius 1 is 1.05 bits per heavy atom. The van der Waals surface area contributed by atoms with Crippen LogP contribution >= 0.6 is 34.4 Å². The summed E-state index contributed by atoms with van der Waals surface area (Å²) < 4.78 is 18.1. The number of amidine groups is 1. The molecule has 1 amide bonds. The molecule has 0 bridgehead atoms. The van der Waals surface area contributed by atoms with E-state index in [0.29, 0.717) is 46.0 Å². The van der Waals surface area contributed by atoms with E-state index in [9.17, 15) is 14.9 Å². The van der Waals surface area contributed by atoms with Crippen molar-refractivity contribution in [1.29, 1.82) is 0 Å². The molecule has 1 aliphatic heterocycles. The molecule has 0 unspecified atom stereocenters. The van der Waals surface area contributed by atoms with Crippen molar-refractivity contribution in [2.45, 2.75) is 20.5 Å². The number of nitrogens with one attached hydrogen (secondary N) is 1. The Kier molecular flexibility index (Phi) is 9.24. The van der Waals surface area contributed by atoms with E-state index in [4.69, 9.17) is 14.2 Å². The first-order valence-corrected chi connectivity index (χ1v) is 13.6. The molecule has 38 heavy (non-hydrogen) atoms. The van der Waals surface area contributed by atoms with Crippen molar-refractivity contribution in [2.75, 3.05) is 13.2 Å². The third kappa shape index (κ3) is 7.04. The maximum Gasteiger partial charge on any atom is 0.269 e. The van der Waals surface area contributed by atoms with Crippen LogP contribution in [-0.2, 0) is 11.4 Å². The summed E-state index contributed by atoms with van der Waals surface area (Å²) in [6.07, 6.45) is 1.77.